The van der Waals surface area contributed by atoms with Crippen LogP contribution in [0.25, 0.3) is 0 Å². The Labute approximate surface area is 135 Å². The SMILES string of the molecule is CC(=O)c1cccc(NC(=O)C(C)Nc2cccc(CO)c2)c1. The number of aliphatic hydroxyl groups excluding tert-OH is 1. The number of hydrogen-bond acceptors (Lipinski definition) is 4. The van der Waals surface area contributed by atoms with Gasteiger partial charge in [0.05, 0.1) is 6.61 Å². The molecule has 0 aliphatic rings. The Bertz CT molecular complexity index is 713. The summed E-state index contributed by atoms with van der Waals surface area (Å²) in [5.41, 5.74) is 2.67. The average molecular weight is 312 g/mol. The molecule has 2 aromatic rings. The summed E-state index contributed by atoms with van der Waals surface area (Å²) in [5.74, 6) is -0.256. The molecular weight excluding hydrogens is 292 g/mol. The van der Waals surface area contributed by atoms with Crippen molar-refractivity contribution in [2.75, 3.05) is 10.6 Å². The summed E-state index contributed by atoms with van der Waals surface area (Å²) in [7, 11) is 0. The van der Waals surface area contributed by atoms with Gasteiger partial charge in [-0.15, -0.1) is 0 Å². The standard InChI is InChI=1S/C18H20N2O3/c1-12(19-16-7-3-5-14(9-16)11-21)18(23)20-17-8-4-6-15(10-17)13(2)22/h3-10,12,19,21H,11H2,1-2H3,(H,20,23). The van der Waals surface area contributed by atoms with Gasteiger partial charge in [0, 0.05) is 16.9 Å². The molecule has 23 heavy (non-hydrogen) atoms. The van der Waals surface area contributed by atoms with Crippen LogP contribution in [0.15, 0.2) is 48.5 Å². The Balaban J connectivity index is 2.02. The third kappa shape index (κ3) is 4.66. The Morgan fingerprint density at radius 3 is 2.48 bits per heavy atom. The molecule has 0 radical (unpaired) electrons. The van der Waals surface area contributed by atoms with Gasteiger partial charge in [-0.3, -0.25) is 9.59 Å². The maximum atomic E-state index is 12.2. The fourth-order valence-electron chi connectivity index (χ4n) is 2.14. The van der Waals surface area contributed by atoms with E-state index in [-0.39, 0.29) is 18.3 Å². The fraction of sp³-hybridized carbons (Fsp3) is 0.222. The van der Waals surface area contributed by atoms with Crippen molar-refractivity contribution in [2.45, 2.75) is 26.5 Å². The molecule has 0 saturated heterocycles. The molecule has 0 heterocycles. The number of benzene rings is 2. The summed E-state index contributed by atoms with van der Waals surface area (Å²) < 4.78 is 0. The number of hydrogen-bond donors (Lipinski definition) is 3. The van der Waals surface area contributed by atoms with Crippen molar-refractivity contribution in [3.63, 3.8) is 0 Å². The number of rotatable bonds is 6. The summed E-state index contributed by atoms with van der Waals surface area (Å²) >= 11 is 0. The first kappa shape index (κ1) is 16.7. The number of ketones is 1. The zero-order valence-electron chi connectivity index (χ0n) is 13.2. The summed E-state index contributed by atoms with van der Waals surface area (Å²) in [6.07, 6.45) is 0. The first-order chi connectivity index (χ1) is 11.0. The van der Waals surface area contributed by atoms with E-state index in [4.69, 9.17) is 5.11 Å². The second-order valence-corrected chi connectivity index (χ2v) is 5.35. The minimum absolute atomic E-state index is 0.0477. The van der Waals surface area contributed by atoms with Crippen LogP contribution in [0, 0.1) is 0 Å². The lowest BCUT2D eigenvalue weighted by atomic mass is 10.1. The molecule has 5 heteroatoms. The molecule has 2 aromatic carbocycles. The Morgan fingerprint density at radius 1 is 1.09 bits per heavy atom. The molecule has 120 valence electrons. The van der Waals surface area contributed by atoms with Crippen LogP contribution in [0.3, 0.4) is 0 Å². The largest absolute Gasteiger partial charge is 0.392 e. The van der Waals surface area contributed by atoms with E-state index in [2.05, 4.69) is 10.6 Å². The molecule has 0 fully saturated rings. The molecule has 1 atom stereocenters. The predicted molar refractivity (Wildman–Crippen MR) is 90.5 cm³/mol. The van der Waals surface area contributed by atoms with Crippen LogP contribution in [0.4, 0.5) is 11.4 Å². The summed E-state index contributed by atoms with van der Waals surface area (Å²) in [6, 6.07) is 13.6. The highest BCUT2D eigenvalue weighted by Gasteiger charge is 2.13. The van der Waals surface area contributed by atoms with Crippen LogP contribution in [0.5, 0.6) is 0 Å². The Kier molecular flexibility index (Phi) is 5.49. The lowest BCUT2D eigenvalue weighted by Gasteiger charge is -2.16. The van der Waals surface area contributed by atoms with Gasteiger partial charge in [-0.2, -0.15) is 0 Å². The van der Waals surface area contributed by atoms with E-state index in [1.165, 1.54) is 6.92 Å². The number of anilines is 2. The smallest absolute Gasteiger partial charge is 0.246 e. The van der Waals surface area contributed by atoms with E-state index < -0.39 is 6.04 Å². The molecule has 0 aromatic heterocycles. The maximum absolute atomic E-state index is 12.2. The molecule has 2 rings (SSSR count). The van der Waals surface area contributed by atoms with Gasteiger partial charge in [0.1, 0.15) is 6.04 Å². The minimum atomic E-state index is -0.468. The zero-order chi connectivity index (χ0) is 16.8. The number of carbonyl (C=O) groups is 2. The van der Waals surface area contributed by atoms with Crippen LogP contribution < -0.4 is 10.6 Å². The highest BCUT2D eigenvalue weighted by Crippen LogP contribution is 2.14. The number of Topliss-reactive ketones (excluding diaryl/α,β-unsaturated/α-hetero) is 1. The predicted octanol–water partition coefficient (Wildman–Crippen LogP) is 2.82. The number of aliphatic hydroxyl groups is 1. The molecule has 0 bridgehead atoms. The summed E-state index contributed by atoms with van der Waals surface area (Å²) in [4.78, 5) is 23.6. The Hall–Kier alpha value is -2.66. The van der Waals surface area contributed by atoms with Crippen molar-refractivity contribution in [3.8, 4) is 0 Å². The third-order valence-corrected chi connectivity index (χ3v) is 3.42. The second kappa shape index (κ2) is 7.56. The minimum Gasteiger partial charge on any atom is -0.392 e. The van der Waals surface area contributed by atoms with E-state index >= 15 is 0 Å². The zero-order valence-corrected chi connectivity index (χ0v) is 13.2. The molecule has 1 unspecified atom stereocenters. The van der Waals surface area contributed by atoms with Crippen LogP contribution >= 0.6 is 0 Å². The molecule has 0 aliphatic heterocycles. The monoisotopic (exact) mass is 312 g/mol. The first-order valence-corrected chi connectivity index (χ1v) is 7.38. The van der Waals surface area contributed by atoms with Gasteiger partial charge in [0.2, 0.25) is 5.91 Å². The maximum Gasteiger partial charge on any atom is 0.246 e. The molecule has 0 aliphatic carbocycles. The number of amides is 1. The van der Waals surface area contributed by atoms with Gasteiger partial charge in [-0.25, -0.2) is 0 Å². The Morgan fingerprint density at radius 2 is 1.78 bits per heavy atom. The highest BCUT2D eigenvalue weighted by atomic mass is 16.3. The van der Waals surface area contributed by atoms with Crippen molar-refractivity contribution in [1.82, 2.24) is 0 Å². The van der Waals surface area contributed by atoms with E-state index in [9.17, 15) is 9.59 Å². The van der Waals surface area contributed by atoms with Crippen LogP contribution in [-0.2, 0) is 11.4 Å². The van der Waals surface area contributed by atoms with Gasteiger partial charge in [0.15, 0.2) is 5.78 Å². The van der Waals surface area contributed by atoms with Gasteiger partial charge >= 0.3 is 0 Å². The fourth-order valence-corrected chi connectivity index (χ4v) is 2.14. The molecule has 3 N–H and O–H groups in total. The molecular formula is C18H20N2O3. The van der Waals surface area contributed by atoms with Gasteiger partial charge in [-0.05, 0) is 43.7 Å². The normalized spacial score (nSPS) is 11.6. The molecule has 0 spiro atoms. The van der Waals surface area contributed by atoms with Crippen molar-refractivity contribution in [3.05, 3.63) is 59.7 Å². The van der Waals surface area contributed by atoms with Gasteiger partial charge in [0.25, 0.3) is 0 Å². The van der Waals surface area contributed by atoms with Gasteiger partial charge < -0.3 is 15.7 Å². The van der Waals surface area contributed by atoms with E-state index in [1.807, 2.05) is 18.2 Å². The molecule has 1 amide bonds. The highest BCUT2D eigenvalue weighted by molar-refractivity contribution is 5.99. The summed E-state index contributed by atoms with van der Waals surface area (Å²) in [5, 5.41) is 15.0. The van der Waals surface area contributed by atoms with Gasteiger partial charge in [-0.1, -0.05) is 24.3 Å². The summed E-state index contributed by atoms with van der Waals surface area (Å²) in [6.45, 7) is 3.18. The van der Waals surface area contributed by atoms with E-state index in [0.717, 1.165) is 11.3 Å². The number of nitrogens with one attached hydrogen (secondary N) is 2. The first-order valence-electron chi connectivity index (χ1n) is 7.38. The van der Waals surface area contributed by atoms with E-state index in [1.54, 1.807) is 37.3 Å². The number of carbonyl (C=O) groups excluding carboxylic acids is 2. The lowest BCUT2D eigenvalue weighted by Crippen LogP contribution is -2.31. The van der Waals surface area contributed by atoms with Crippen molar-refractivity contribution >= 4 is 23.1 Å². The molecule has 0 saturated carbocycles. The second-order valence-electron chi connectivity index (χ2n) is 5.35. The average Bonchev–Trinajstić information content (AvgIpc) is 2.55. The van der Waals surface area contributed by atoms with Crippen LogP contribution in [0.2, 0.25) is 0 Å². The van der Waals surface area contributed by atoms with Crippen molar-refractivity contribution in [2.24, 2.45) is 0 Å². The molecule has 5 nitrogen and oxygen atoms in total. The quantitative estimate of drug-likeness (QED) is 0.717. The van der Waals surface area contributed by atoms with E-state index in [0.29, 0.717) is 11.3 Å². The van der Waals surface area contributed by atoms with Crippen LogP contribution in [-0.4, -0.2) is 22.8 Å². The third-order valence-electron chi connectivity index (χ3n) is 3.42. The van der Waals surface area contributed by atoms with Crippen molar-refractivity contribution < 1.29 is 14.7 Å². The topological polar surface area (TPSA) is 78.4 Å². The van der Waals surface area contributed by atoms with Crippen LogP contribution in [0.1, 0.15) is 29.8 Å². The van der Waals surface area contributed by atoms with Crippen molar-refractivity contribution in [1.29, 1.82) is 0 Å². The lowest BCUT2D eigenvalue weighted by molar-refractivity contribution is -0.116.